The van der Waals surface area contributed by atoms with Crippen LogP contribution in [0.2, 0.25) is 0 Å². The van der Waals surface area contributed by atoms with E-state index in [4.69, 9.17) is 19.4 Å². The summed E-state index contributed by atoms with van der Waals surface area (Å²) in [7, 11) is 0. The summed E-state index contributed by atoms with van der Waals surface area (Å²) in [5.41, 5.74) is 7.59. The lowest BCUT2D eigenvalue weighted by atomic mass is 10.0. The molecule has 0 bridgehead atoms. The van der Waals surface area contributed by atoms with E-state index >= 15 is 0 Å². The Kier molecular flexibility index (Phi) is 6.56. The van der Waals surface area contributed by atoms with Gasteiger partial charge in [0.05, 0.1) is 22.3 Å². The molecule has 0 unspecified atom stereocenters. The van der Waals surface area contributed by atoms with Crippen LogP contribution in [-0.2, 0) is 0 Å². The molecule has 0 N–H and O–H groups in total. The maximum absolute atomic E-state index is 7.01. The average Bonchev–Trinajstić information content (AvgIpc) is 3.80. The molecule has 0 saturated carbocycles. The Morgan fingerprint density at radius 3 is 1.82 bits per heavy atom. The molecule has 5 nitrogen and oxygen atoms in total. The lowest BCUT2D eigenvalue weighted by Gasteiger charge is -2.13. The maximum atomic E-state index is 7.01. The summed E-state index contributed by atoms with van der Waals surface area (Å²) < 4.78 is 9.42. The first-order valence-electron chi connectivity index (χ1n) is 18.9. The normalized spacial score (nSPS) is 11.9. The summed E-state index contributed by atoms with van der Waals surface area (Å²) in [6.45, 7) is 0. The summed E-state index contributed by atoms with van der Waals surface area (Å²) >= 11 is 0. The molecule has 12 aromatic rings. The summed E-state index contributed by atoms with van der Waals surface area (Å²) in [6.07, 6.45) is 0. The summed E-state index contributed by atoms with van der Waals surface area (Å²) in [5.74, 6) is 1.78. The molecule has 3 aromatic heterocycles. The zero-order chi connectivity index (χ0) is 36.7. The molecule has 5 heteroatoms. The second-order valence-electron chi connectivity index (χ2n) is 14.4. The minimum atomic E-state index is 0.561. The Hall–Kier alpha value is -7.63. The van der Waals surface area contributed by atoms with Gasteiger partial charge in [0.1, 0.15) is 11.2 Å². The predicted octanol–water partition coefficient (Wildman–Crippen LogP) is 13.3. The molecular weight excluding hydrogens is 685 g/mol. The highest BCUT2D eigenvalue weighted by Crippen LogP contribution is 2.43. The Morgan fingerprint density at radius 2 is 1.00 bits per heavy atom. The first kappa shape index (κ1) is 30.8. The van der Waals surface area contributed by atoms with Crippen molar-refractivity contribution in [2.24, 2.45) is 0 Å². The van der Waals surface area contributed by atoms with Crippen molar-refractivity contribution in [3.05, 3.63) is 182 Å². The molecule has 56 heavy (non-hydrogen) atoms. The van der Waals surface area contributed by atoms with E-state index in [1.807, 2.05) is 30.3 Å². The van der Waals surface area contributed by atoms with Crippen LogP contribution in [0.3, 0.4) is 0 Å². The number of rotatable bonds is 4. The molecule has 0 saturated heterocycles. The van der Waals surface area contributed by atoms with Crippen molar-refractivity contribution in [1.82, 2.24) is 19.5 Å². The van der Waals surface area contributed by atoms with Crippen LogP contribution >= 0.6 is 0 Å². The molecule has 9 aromatic carbocycles. The van der Waals surface area contributed by atoms with E-state index in [2.05, 4.69) is 156 Å². The van der Waals surface area contributed by atoms with Crippen molar-refractivity contribution < 1.29 is 4.42 Å². The molecule has 260 valence electrons. The molecule has 0 fully saturated rings. The van der Waals surface area contributed by atoms with E-state index in [-0.39, 0.29) is 0 Å². The van der Waals surface area contributed by atoms with Crippen LogP contribution < -0.4 is 0 Å². The highest BCUT2D eigenvalue weighted by Gasteiger charge is 2.22. The fourth-order valence-electron chi connectivity index (χ4n) is 8.59. The first-order chi connectivity index (χ1) is 27.7. The van der Waals surface area contributed by atoms with Crippen molar-refractivity contribution in [3.8, 4) is 39.9 Å². The molecule has 0 spiro atoms. The van der Waals surface area contributed by atoms with E-state index in [1.54, 1.807) is 0 Å². The molecule has 12 rings (SSSR count). The van der Waals surface area contributed by atoms with Crippen molar-refractivity contribution in [2.45, 2.75) is 0 Å². The van der Waals surface area contributed by atoms with Gasteiger partial charge in [-0.15, -0.1) is 0 Å². The zero-order valence-corrected chi connectivity index (χ0v) is 30.0. The molecule has 0 amide bonds. The lowest BCUT2D eigenvalue weighted by molar-refractivity contribution is 0.669. The number of hydrogen-bond acceptors (Lipinski definition) is 4. The minimum absolute atomic E-state index is 0.561. The number of fused-ring (bicyclic) bond motifs is 10. The Morgan fingerprint density at radius 1 is 0.375 bits per heavy atom. The van der Waals surface area contributed by atoms with Crippen molar-refractivity contribution in [2.75, 3.05) is 0 Å². The molecule has 0 aliphatic rings. The molecule has 3 heterocycles. The SMILES string of the molecule is c1ccc(-c2nc(-c3ccc4ccccc4c3)nc(-c3cccc4c3oc3cc(-n5c6ccccc6c6cc7ccccc7cc65)c5ccccc5c34)n2)cc1. The van der Waals surface area contributed by atoms with Crippen LogP contribution in [0.25, 0.3) is 116 Å². The van der Waals surface area contributed by atoms with E-state index in [0.717, 1.165) is 71.5 Å². The number of benzene rings is 9. The van der Waals surface area contributed by atoms with Gasteiger partial charge in [0.15, 0.2) is 17.5 Å². The van der Waals surface area contributed by atoms with E-state index in [9.17, 15) is 0 Å². The van der Waals surface area contributed by atoms with Crippen molar-refractivity contribution in [1.29, 1.82) is 0 Å². The lowest BCUT2D eigenvalue weighted by Crippen LogP contribution is -2.00. The van der Waals surface area contributed by atoms with E-state index < -0.39 is 0 Å². The highest BCUT2D eigenvalue weighted by molar-refractivity contribution is 6.23. The van der Waals surface area contributed by atoms with Gasteiger partial charge in [0.25, 0.3) is 0 Å². The van der Waals surface area contributed by atoms with E-state index in [0.29, 0.717) is 17.5 Å². The van der Waals surface area contributed by atoms with Gasteiger partial charge < -0.3 is 8.98 Å². The maximum Gasteiger partial charge on any atom is 0.167 e. The zero-order valence-electron chi connectivity index (χ0n) is 30.0. The van der Waals surface area contributed by atoms with Crippen molar-refractivity contribution >= 4 is 76.1 Å². The molecule has 0 atom stereocenters. The monoisotopic (exact) mass is 714 g/mol. The number of hydrogen-bond donors (Lipinski definition) is 0. The molecular formula is C51H30N4O. The predicted molar refractivity (Wildman–Crippen MR) is 230 cm³/mol. The van der Waals surface area contributed by atoms with Crippen LogP contribution in [0.5, 0.6) is 0 Å². The fraction of sp³-hybridized carbons (Fsp3) is 0. The summed E-state index contributed by atoms with van der Waals surface area (Å²) in [5, 5.41) is 11.5. The van der Waals surface area contributed by atoms with Crippen molar-refractivity contribution in [3.63, 3.8) is 0 Å². The standard InChI is InChI=1S/C51H30N4O/c1-2-14-32(15-3-1)49-52-50(36-26-25-31-13-4-5-16-33(31)27-36)54-51(53-49)41-23-12-22-40-47-39-21-9-8-19-37(39)45(30-46(47)56-48(40)41)55-43-24-11-10-20-38(43)42-28-34-17-6-7-18-35(34)29-44(42)55/h1-30H. The number of para-hydroxylation sites is 2. The smallest absolute Gasteiger partial charge is 0.167 e. The number of aromatic nitrogens is 4. The average molecular weight is 715 g/mol. The van der Waals surface area contributed by atoms with Gasteiger partial charge >= 0.3 is 0 Å². The fourth-order valence-corrected chi connectivity index (χ4v) is 8.59. The number of furan rings is 1. The Balaban J connectivity index is 1.12. The quantitative estimate of drug-likeness (QED) is 0.182. The topological polar surface area (TPSA) is 56.7 Å². The van der Waals surface area contributed by atoms with Crippen LogP contribution in [0.4, 0.5) is 0 Å². The van der Waals surface area contributed by atoms with Gasteiger partial charge in [0.2, 0.25) is 0 Å². The van der Waals surface area contributed by atoms with Crippen LogP contribution in [0.15, 0.2) is 186 Å². The third-order valence-electron chi connectivity index (χ3n) is 11.2. The van der Waals surface area contributed by atoms with Gasteiger partial charge in [-0.25, -0.2) is 15.0 Å². The number of nitrogens with zero attached hydrogens (tertiary/aromatic N) is 4. The first-order valence-corrected chi connectivity index (χ1v) is 18.9. The van der Waals surface area contributed by atoms with Gasteiger partial charge in [-0.2, -0.15) is 0 Å². The summed E-state index contributed by atoms with van der Waals surface area (Å²) in [6, 6.07) is 63.9. The molecule has 0 radical (unpaired) electrons. The van der Waals surface area contributed by atoms with Crippen LogP contribution in [0.1, 0.15) is 0 Å². The highest BCUT2D eigenvalue weighted by atomic mass is 16.3. The Labute approximate surface area is 320 Å². The van der Waals surface area contributed by atoms with Crippen LogP contribution in [-0.4, -0.2) is 19.5 Å². The van der Waals surface area contributed by atoms with Gasteiger partial charge in [-0.3, -0.25) is 0 Å². The third kappa shape index (κ3) is 4.64. The van der Waals surface area contributed by atoms with Gasteiger partial charge in [-0.05, 0) is 57.3 Å². The minimum Gasteiger partial charge on any atom is -0.455 e. The van der Waals surface area contributed by atoms with E-state index in [1.165, 1.54) is 26.9 Å². The summed E-state index contributed by atoms with van der Waals surface area (Å²) in [4.78, 5) is 15.3. The molecule has 0 aliphatic carbocycles. The van der Waals surface area contributed by atoms with Gasteiger partial charge in [0, 0.05) is 44.1 Å². The second kappa shape index (κ2) is 11.9. The largest absolute Gasteiger partial charge is 0.455 e. The molecule has 0 aliphatic heterocycles. The Bertz CT molecular complexity index is 3540. The van der Waals surface area contributed by atoms with Gasteiger partial charge in [-0.1, -0.05) is 146 Å². The van der Waals surface area contributed by atoms with Crippen LogP contribution in [0, 0.1) is 0 Å². The second-order valence-corrected chi connectivity index (χ2v) is 14.4. The third-order valence-corrected chi connectivity index (χ3v) is 11.2.